The average Bonchev–Trinajstić information content (AvgIpc) is 2.45. The summed E-state index contributed by atoms with van der Waals surface area (Å²) in [6, 6.07) is 11.5. The summed E-state index contributed by atoms with van der Waals surface area (Å²) in [5, 5.41) is 6.16. The number of benzene rings is 2. The Balaban J connectivity index is 2.34. The highest BCUT2D eigenvalue weighted by atomic mass is 79.9. The van der Waals surface area contributed by atoms with Crippen molar-refractivity contribution in [3.63, 3.8) is 0 Å². The van der Waals surface area contributed by atoms with Crippen LogP contribution in [0.15, 0.2) is 45.3 Å². The predicted molar refractivity (Wildman–Crippen MR) is 95.1 cm³/mol. The molecule has 21 heavy (non-hydrogen) atoms. The first-order chi connectivity index (χ1) is 10.0. The second-order valence-corrected chi connectivity index (χ2v) is 6.34. The molecule has 0 saturated carbocycles. The van der Waals surface area contributed by atoms with Gasteiger partial charge in [0.05, 0.1) is 11.3 Å². The fraction of sp³-hybridized carbons (Fsp3) is 0.188. The number of hydrogen-bond donors (Lipinski definition) is 2. The van der Waals surface area contributed by atoms with Gasteiger partial charge in [-0.1, -0.05) is 17.7 Å². The third-order valence-corrected chi connectivity index (χ3v) is 4.31. The molecule has 0 saturated heterocycles. The molecule has 0 aromatic heterocycles. The lowest BCUT2D eigenvalue weighted by molar-refractivity contribution is 0.102. The molecule has 0 aliphatic carbocycles. The Morgan fingerprint density at radius 3 is 2.43 bits per heavy atom. The van der Waals surface area contributed by atoms with Crippen LogP contribution in [0.25, 0.3) is 0 Å². The summed E-state index contributed by atoms with van der Waals surface area (Å²) in [6.45, 7) is 4.74. The van der Waals surface area contributed by atoms with E-state index in [0.29, 0.717) is 5.56 Å². The maximum Gasteiger partial charge on any atom is 0.257 e. The molecule has 0 fully saturated rings. The summed E-state index contributed by atoms with van der Waals surface area (Å²) >= 11 is 6.90. The van der Waals surface area contributed by atoms with E-state index >= 15 is 0 Å². The Kier molecular flexibility index (Phi) is 5.42. The Bertz CT molecular complexity index is 651. The zero-order chi connectivity index (χ0) is 15.4. The van der Waals surface area contributed by atoms with Crippen LogP contribution < -0.4 is 10.6 Å². The van der Waals surface area contributed by atoms with Crippen molar-refractivity contribution in [1.82, 2.24) is 0 Å². The van der Waals surface area contributed by atoms with Gasteiger partial charge in [0.25, 0.3) is 5.91 Å². The highest BCUT2D eigenvalue weighted by molar-refractivity contribution is 9.11. The Labute approximate surface area is 141 Å². The van der Waals surface area contributed by atoms with Gasteiger partial charge in [0, 0.05) is 21.2 Å². The van der Waals surface area contributed by atoms with Gasteiger partial charge in [0.2, 0.25) is 0 Å². The molecular weight excluding hydrogens is 396 g/mol. The topological polar surface area (TPSA) is 41.1 Å². The summed E-state index contributed by atoms with van der Waals surface area (Å²) in [6.07, 6.45) is 0. The number of anilines is 2. The number of hydrogen-bond acceptors (Lipinski definition) is 2. The van der Waals surface area contributed by atoms with Crippen LogP contribution in [-0.4, -0.2) is 12.5 Å². The van der Waals surface area contributed by atoms with Crippen LogP contribution >= 0.6 is 31.9 Å². The smallest absolute Gasteiger partial charge is 0.257 e. The number of para-hydroxylation sites is 1. The zero-order valence-corrected chi connectivity index (χ0v) is 15.0. The second kappa shape index (κ2) is 7.09. The van der Waals surface area contributed by atoms with Gasteiger partial charge in [-0.25, -0.2) is 0 Å². The standard InChI is InChI=1S/C16H16Br2N2O/c1-3-19-14-8-7-10(2)9-11(14)16(21)20-15-12(17)5-4-6-13(15)18/h4-9,19H,3H2,1-2H3,(H,20,21). The van der Waals surface area contributed by atoms with Crippen molar-refractivity contribution in [2.24, 2.45) is 0 Å². The minimum Gasteiger partial charge on any atom is -0.385 e. The molecule has 110 valence electrons. The quantitative estimate of drug-likeness (QED) is 0.725. The highest BCUT2D eigenvalue weighted by Crippen LogP contribution is 2.31. The molecule has 0 spiro atoms. The van der Waals surface area contributed by atoms with Crippen molar-refractivity contribution in [2.75, 3.05) is 17.2 Å². The number of halogens is 2. The van der Waals surface area contributed by atoms with Crippen LogP contribution in [0.4, 0.5) is 11.4 Å². The van der Waals surface area contributed by atoms with E-state index in [2.05, 4.69) is 42.5 Å². The average molecular weight is 412 g/mol. The molecule has 2 aromatic carbocycles. The van der Waals surface area contributed by atoms with Gasteiger partial charge in [-0.2, -0.15) is 0 Å². The van der Waals surface area contributed by atoms with Crippen LogP contribution in [-0.2, 0) is 0 Å². The fourth-order valence-corrected chi connectivity index (χ4v) is 3.19. The second-order valence-electron chi connectivity index (χ2n) is 4.63. The summed E-state index contributed by atoms with van der Waals surface area (Å²) in [5.74, 6) is -0.137. The fourth-order valence-electron chi connectivity index (χ4n) is 1.99. The van der Waals surface area contributed by atoms with Gasteiger partial charge >= 0.3 is 0 Å². The maximum absolute atomic E-state index is 12.6. The monoisotopic (exact) mass is 410 g/mol. The van der Waals surface area contributed by atoms with E-state index in [4.69, 9.17) is 0 Å². The van der Waals surface area contributed by atoms with Crippen molar-refractivity contribution in [2.45, 2.75) is 13.8 Å². The van der Waals surface area contributed by atoms with Crippen LogP contribution in [0, 0.1) is 6.92 Å². The molecule has 2 N–H and O–H groups in total. The maximum atomic E-state index is 12.6. The molecule has 0 bridgehead atoms. The van der Waals surface area contributed by atoms with Crippen molar-refractivity contribution in [3.05, 3.63) is 56.5 Å². The molecular formula is C16H16Br2N2O. The normalized spacial score (nSPS) is 10.3. The number of nitrogens with one attached hydrogen (secondary N) is 2. The minimum atomic E-state index is -0.137. The van der Waals surface area contributed by atoms with E-state index in [0.717, 1.165) is 32.4 Å². The first kappa shape index (κ1) is 16.0. The van der Waals surface area contributed by atoms with Gasteiger partial charge < -0.3 is 10.6 Å². The van der Waals surface area contributed by atoms with E-state index in [1.807, 2.05) is 50.2 Å². The van der Waals surface area contributed by atoms with E-state index in [-0.39, 0.29) is 5.91 Å². The highest BCUT2D eigenvalue weighted by Gasteiger charge is 2.14. The number of amides is 1. The zero-order valence-electron chi connectivity index (χ0n) is 11.8. The lowest BCUT2D eigenvalue weighted by Crippen LogP contribution is -2.15. The molecule has 1 amide bonds. The molecule has 5 heteroatoms. The minimum absolute atomic E-state index is 0.137. The third-order valence-electron chi connectivity index (χ3n) is 2.99. The van der Waals surface area contributed by atoms with Crippen LogP contribution in [0.2, 0.25) is 0 Å². The SMILES string of the molecule is CCNc1ccc(C)cc1C(=O)Nc1c(Br)cccc1Br. The lowest BCUT2D eigenvalue weighted by atomic mass is 10.1. The van der Waals surface area contributed by atoms with E-state index in [1.165, 1.54) is 0 Å². The summed E-state index contributed by atoms with van der Waals surface area (Å²) in [4.78, 5) is 12.6. The number of rotatable bonds is 4. The van der Waals surface area contributed by atoms with Crippen LogP contribution in [0.3, 0.4) is 0 Å². The van der Waals surface area contributed by atoms with E-state index < -0.39 is 0 Å². The number of carbonyl (C=O) groups excluding carboxylic acids is 1. The lowest BCUT2D eigenvalue weighted by Gasteiger charge is -2.14. The molecule has 3 nitrogen and oxygen atoms in total. The molecule has 0 radical (unpaired) electrons. The molecule has 0 aliphatic heterocycles. The number of aryl methyl sites for hydroxylation is 1. The van der Waals surface area contributed by atoms with Crippen molar-refractivity contribution in [3.8, 4) is 0 Å². The van der Waals surface area contributed by atoms with Gasteiger partial charge in [-0.05, 0) is 70.0 Å². The Morgan fingerprint density at radius 2 is 1.81 bits per heavy atom. The first-order valence-electron chi connectivity index (χ1n) is 6.62. The van der Waals surface area contributed by atoms with Gasteiger partial charge in [0.1, 0.15) is 0 Å². The molecule has 0 heterocycles. The Hall–Kier alpha value is -1.33. The van der Waals surface area contributed by atoms with Crippen molar-refractivity contribution < 1.29 is 4.79 Å². The van der Waals surface area contributed by atoms with Crippen LogP contribution in [0.1, 0.15) is 22.8 Å². The summed E-state index contributed by atoms with van der Waals surface area (Å²) in [7, 11) is 0. The van der Waals surface area contributed by atoms with Crippen molar-refractivity contribution >= 4 is 49.1 Å². The number of carbonyl (C=O) groups is 1. The predicted octanol–water partition coefficient (Wildman–Crippen LogP) is 5.20. The van der Waals surface area contributed by atoms with Gasteiger partial charge in [-0.3, -0.25) is 4.79 Å². The molecule has 0 unspecified atom stereocenters. The molecule has 2 aromatic rings. The van der Waals surface area contributed by atoms with E-state index in [1.54, 1.807) is 0 Å². The van der Waals surface area contributed by atoms with Crippen LogP contribution in [0.5, 0.6) is 0 Å². The molecule has 0 aliphatic rings. The van der Waals surface area contributed by atoms with Gasteiger partial charge in [0.15, 0.2) is 0 Å². The summed E-state index contributed by atoms with van der Waals surface area (Å²) < 4.78 is 1.67. The third kappa shape index (κ3) is 3.86. The van der Waals surface area contributed by atoms with Crippen molar-refractivity contribution in [1.29, 1.82) is 0 Å². The van der Waals surface area contributed by atoms with Gasteiger partial charge in [-0.15, -0.1) is 0 Å². The Morgan fingerprint density at radius 1 is 1.14 bits per heavy atom. The first-order valence-corrected chi connectivity index (χ1v) is 8.21. The largest absolute Gasteiger partial charge is 0.385 e. The van der Waals surface area contributed by atoms with E-state index in [9.17, 15) is 4.79 Å². The molecule has 0 atom stereocenters. The summed E-state index contributed by atoms with van der Waals surface area (Å²) in [5.41, 5.74) is 3.25. The molecule has 2 rings (SSSR count).